The maximum Gasteiger partial charge on any atom is 0.251 e. The van der Waals surface area contributed by atoms with Crippen molar-refractivity contribution in [1.29, 1.82) is 0 Å². The molecule has 3 heterocycles. The minimum Gasteiger partial charge on any atom is -0.469 e. The number of rotatable bonds is 6. The van der Waals surface area contributed by atoms with Crippen LogP contribution < -0.4 is 10.2 Å². The molecule has 7 nitrogen and oxygen atoms in total. The van der Waals surface area contributed by atoms with Crippen LogP contribution in [0.5, 0.6) is 0 Å². The summed E-state index contributed by atoms with van der Waals surface area (Å²) in [6.07, 6.45) is 4.42. The van der Waals surface area contributed by atoms with Crippen molar-refractivity contribution in [2.24, 2.45) is 0 Å². The first-order chi connectivity index (χ1) is 13.6. The molecule has 0 aliphatic carbocycles. The van der Waals surface area contributed by atoms with Crippen LogP contribution in [0.2, 0.25) is 0 Å². The minimum atomic E-state index is -0.127. The van der Waals surface area contributed by atoms with Gasteiger partial charge in [0.15, 0.2) is 0 Å². The molecule has 1 aromatic carbocycles. The smallest absolute Gasteiger partial charge is 0.251 e. The molecule has 1 aliphatic heterocycles. The molecule has 0 saturated carbocycles. The number of amides is 2. The zero-order valence-electron chi connectivity index (χ0n) is 15.7. The molecule has 0 spiro atoms. The Kier molecular flexibility index (Phi) is 4.97. The lowest BCUT2D eigenvalue weighted by atomic mass is 10.1. The molecule has 0 saturated heterocycles. The van der Waals surface area contributed by atoms with Crippen LogP contribution in [0.3, 0.4) is 0 Å². The third kappa shape index (κ3) is 3.83. The molecule has 2 amide bonds. The zero-order chi connectivity index (χ0) is 19.5. The molecule has 0 fully saturated rings. The van der Waals surface area contributed by atoms with Crippen molar-refractivity contribution >= 4 is 17.6 Å². The highest BCUT2D eigenvalue weighted by Gasteiger charge is 2.24. The van der Waals surface area contributed by atoms with Crippen molar-refractivity contribution in [2.75, 3.05) is 4.90 Å². The largest absolute Gasteiger partial charge is 0.469 e. The van der Waals surface area contributed by atoms with Crippen molar-refractivity contribution in [3.8, 4) is 0 Å². The Balaban J connectivity index is 1.39. The number of benzene rings is 1. The van der Waals surface area contributed by atoms with E-state index in [1.807, 2.05) is 41.9 Å². The van der Waals surface area contributed by atoms with Crippen molar-refractivity contribution in [1.82, 2.24) is 15.1 Å². The molecule has 1 N–H and O–H groups in total. The topological polar surface area (TPSA) is 80.4 Å². The molecule has 4 rings (SSSR count). The molecule has 7 heteroatoms. The third-order valence-corrected chi connectivity index (χ3v) is 4.83. The number of nitrogens with one attached hydrogen (secondary N) is 1. The van der Waals surface area contributed by atoms with Gasteiger partial charge in [-0.3, -0.25) is 14.5 Å². The predicted molar refractivity (Wildman–Crippen MR) is 104 cm³/mol. The monoisotopic (exact) mass is 378 g/mol. The maximum atomic E-state index is 12.4. The van der Waals surface area contributed by atoms with E-state index in [9.17, 15) is 9.59 Å². The van der Waals surface area contributed by atoms with E-state index >= 15 is 0 Å². The second-order valence-corrected chi connectivity index (χ2v) is 7.00. The predicted octanol–water partition coefficient (Wildman–Crippen LogP) is 2.77. The van der Waals surface area contributed by atoms with Crippen LogP contribution in [0.1, 0.15) is 35.0 Å². The fourth-order valence-corrected chi connectivity index (χ4v) is 3.39. The van der Waals surface area contributed by atoms with E-state index in [2.05, 4.69) is 10.4 Å². The Morgan fingerprint density at radius 3 is 2.82 bits per heavy atom. The Labute approximate surface area is 162 Å². The molecule has 0 radical (unpaired) electrons. The van der Waals surface area contributed by atoms with Gasteiger partial charge in [-0.05, 0) is 36.8 Å². The van der Waals surface area contributed by atoms with Crippen LogP contribution in [-0.4, -0.2) is 27.6 Å². The molecule has 0 bridgehead atoms. The molecule has 3 aromatic rings. The lowest BCUT2D eigenvalue weighted by molar-refractivity contribution is -0.119. The number of carbonyl (C=O) groups is 2. The summed E-state index contributed by atoms with van der Waals surface area (Å²) in [5.41, 5.74) is 1.55. The Morgan fingerprint density at radius 1 is 1.25 bits per heavy atom. The SMILES string of the molecule is C[C@H](Cc1ccco1)NC(=O)c1ccc(CN2C(=O)CCn3nccc32)cc1. The number of nitrogens with zero attached hydrogens (tertiary/aromatic N) is 3. The number of hydrogen-bond donors (Lipinski definition) is 1. The summed E-state index contributed by atoms with van der Waals surface area (Å²) in [5, 5.41) is 7.21. The number of hydrogen-bond acceptors (Lipinski definition) is 4. The first-order valence-electron chi connectivity index (χ1n) is 9.34. The van der Waals surface area contributed by atoms with Crippen LogP contribution in [0.15, 0.2) is 59.3 Å². The zero-order valence-corrected chi connectivity index (χ0v) is 15.7. The lowest BCUT2D eigenvalue weighted by Crippen LogP contribution is -2.37. The molecular weight excluding hydrogens is 356 g/mol. The van der Waals surface area contributed by atoms with Gasteiger partial charge in [-0.1, -0.05) is 12.1 Å². The van der Waals surface area contributed by atoms with E-state index in [-0.39, 0.29) is 17.9 Å². The van der Waals surface area contributed by atoms with Crippen molar-refractivity contribution in [2.45, 2.75) is 38.9 Å². The van der Waals surface area contributed by atoms with Crippen LogP contribution >= 0.6 is 0 Å². The standard InChI is InChI=1S/C21H22N4O3/c1-15(13-18-3-2-12-28-18)23-21(27)17-6-4-16(5-7-17)14-24-19-8-10-22-25(19)11-9-20(24)26/h2-8,10,12,15H,9,11,13-14H2,1H3,(H,23,27)/t15-/m1/s1. The Morgan fingerprint density at radius 2 is 2.07 bits per heavy atom. The van der Waals surface area contributed by atoms with E-state index in [1.54, 1.807) is 29.5 Å². The number of furan rings is 1. The summed E-state index contributed by atoms with van der Waals surface area (Å²) in [5.74, 6) is 1.61. The molecule has 2 aromatic heterocycles. The van der Waals surface area contributed by atoms with Crippen LogP contribution in [-0.2, 0) is 24.3 Å². The van der Waals surface area contributed by atoms with E-state index in [1.165, 1.54) is 0 Å². The van der Waals surface area contributed by atoms with E-state index in [0.717, 1.165) is 17.1 Å². The average molecular weight is 378 g/mol. The molecule has 0 unspecified atom stereocenters. The van der Waals surface area contributed by atoms with E-state index < -0.39 is 0 Å². The summed E-state index contributed by atoms with van der Waals surface area (Å²) in [4.78, 5) is 26.5. The first kappa shape index (κ1) is 18.0. The van der Waals surface area contributed by atoms with Gasteiger partial charge in [-0.15, -0.1) is 0 Å². The van der Waals surface area contributed by atoms with Crippen LogP contribution in [0, 0.1) is 0 Å². The van der Waals surface area contributed by atoms with Gasteiger partial charge in [0.05, 0.1) is 25.5 Å². The fourth-order valence-electron chi connectivity index (χ4n) is 3.39. The second-order valence-electron chi connectivity index (χ2n) is 7.00. The molecule has 28 heavy (non-hydrogen) atoms. The van der Waals surface area contributed by atoms with Gasteiger partial charge in [0.2, 0.25) is 5.91 Å². The van der Waals surface area contributed by atoms with E-state index in [4.69, 9.17) is 4.42 Å². The van der Waals surface area contributed by atoms with Gasteiger partial charge in [-0.2, -0.15) is 5.10 Å². The van der Waals surface area contributed by atoms with Crippen molar-refractivity contribution in [3.63, 3.8) is 0 Å². The number of aromatic nitrogens is 2. The summed E-state index contributed by atoms with van der Waals surface area (Å²) >= 11 is 0. The number of anilines is 1. The van der Waals surface area contributed by atoms with Gasteiger partial charge in [-0.25, -0.2) is 4.68 Å². The highest BCUT2D eigenvalue weighted by molar-refractivity contribution is 5.95. The molecular formula is C21H22N4O3. The summed E-state index contributed by atoms with van der Waals surface area (Å²) in [7, 11) is 0. The lowest BCUT2D eigenvalue weighted by Gasteiger charge is -2.27. The van der Waals surface area contributed by atoms with Crippen LogP contribution in [0.4, 0.5) is 5.82 Å². The molecule has 144 valence electrons. The van der Waals surface area contributed by atoms with E-state index in [0.29, 0.717) is 31.5 Å². The normalized spacial score (nSPS) is 14.6. The number of fused-ring (bicyclic) bond motifs is 1. The summed E-state index contributed by atoms with van der Waals surface area (Å²) < 4.78 is 7.15. The summed E-state index contributed by atoms with van der Waals surface area (Å²) in [6, 6.07) is 12.9. The van der Waals surface area contributed by atoms with Gasteiger partial charge >= 0.3 is 0 Å². The van der Waals surface area contributed by atoms with Crippen molar-refractivity contribution in [3.05, 3.63) is 71.8 Å². The second kappa shape index (κ2) is 7.72. The average Bonchev–Trinajstić information content (AvgIpc) is 3.36. The maximum absolute atomic E-state index is 12.4. The van der Waals surface area contributed by atoms with Crippen molar-refractivity contribution < 1.29 is 14.0 Å². The highest BCUT2D eigenvalue weighted by atomic mass is 16.3. The minimum absolute atomic E-state index is 0.0374. The van der Waals surface area contributed by atoms with Crippen LogP contribution in [0.25, 0.3) is 0 Å². The molecule has 1 atom stereocenters. The number of aryl methyl sites for hydroxylation is 1. The van der Waals surface area contributed by atoms with Gasteiger partial charge in [0, 0.05) is 30.5 Å². The fraction of sp³-hybridized carbons (Fsp3) is 0.286. The quantitative estimate of drug-likeness (QED) is 0.715. The summed E-state index contributed by atoms with van der Waals surface area (Å²) in [6.45, 7) is 3.02. The third-order valence-electron chi connectivity index (χ3n) is 4.83. The van der Waals surface area contributed by atoms with Gasteiger partial charge < -0.3 is 9.73 Å². The number of carbonyl (C=O) groups excluding carboxylic acids is 2. The Hall–Kier alpha value is -3.35. The molecule has 1 aliphatic rings. The Bertz CT molecular complexity index is 960. The highest BCUT2D eigenvalue weighted by Crippen LogP contribution is 2.23. The first-order valence-corrected chi connectivity index (χ1v) is 9.34. The van der Waals surface area contributed by atoms with Gasteiger partial charge in [0.1, 0.15) is 11.6 Å². The van der Waals surface area contributed by atoms with Gasteiger partial charge in [0.25, 0.3) is 5.91 Å².